The molecule has 1 heterocycles. The highest BCUT2D eigenvalue weighted by Crippen LogP contribution is 2.49. The Kier molecular flexibility index (Phi) is 2.99. The second-order valence-electron chi connectivity index (χ2n) is 6.31. The molecule has 2 fully saturated rings. The minimum absolute atomic E-state index is 0.249. The first kappa shape index (κ1) is 12.6. The first-order valence-electron chi connectivity index (χ1n) is 7.46. The Bertz CT molecular complexity index is 651. The molecule has 4 heteroatoms. The van der Waals surface area contributed by atoms with E-state index in [9.17, 15) is 4.39 Å². The first-order valence-corrected chi connectivity index (χ1v) is 7.99. The normalized spacial score (nSPS) is 28.6. The summed E-state index contributed by atoms with van der Waals surface area (Å²) in [4.78, 5) is 4.39. The smallest absolute Gasteiger partial charge is 0.151 e. The van der Waals surface area contributed by atoms with Crippen molar-refractivity contribution >= 4 is 22.6 Å². The molecule has 0 spiro atoms. The van der Waals surface area contributed by atoms with Crippen LogP contribution in [0.1, 0.15) is 31.5 Å². The summed E-state index contributed by atoms with van der Waals surface area (Å²) in [5, 5.41) is 0. The number of imidazole rings is 1. The highest BCUT2D eigenvalue weighted by atomic mass is 35.5. The van der Waals surface area contributed by atoms with Gasteiger partial charge in [0.05, 0.1) is 11.4 Å². The maximum Gasteiger partial charge on any atom is 0.151 e. The van der Waals surface area contributed by atoms with Gasteiger partial charge in [0, 0.05) is 6.54 Å². The Morgan fingerprint density at radius 1 is 1.30 bits per heavy atom. The molecule has 2 bridgehead atoms. The van der Waals surface area contributed by atoms with Gasteiger partial charge in [-0.1, -0.05) is 12.5 Å². The van der Waals surface area contributed by atoms with Gasteiger partial charge in [0.1, 0.15) is 11.3 Å². The maximum atomic E-state index is 13.9. The quantitative estimate of drug-likeness (QED) is 0.769. The molecule has 0 saturated heterocycles. The summed E-state index contributed by atoms with van der Waals surface area (Å²) in [5.74, 6) is 3.39. The lowest BCUT2D eigenvalue weighted by Gasteiger charge is -2.23. The SMILES string of the molecule is Fc1cccc2c1nc(CCl)n2CC1CC2CCC1C2. The molecule has 0 aliphatic heterocycles. The molecule has 0 N–H and O–H groups in total. The van der Waals surface area contributed by atoms with Crippen molar-refractivity contribution in [2.75, 3.05) is 0 Å². The predicted molar refractivity (Wildman–Crippen MR) is 78.2 cm³/mol. The second kappa shape index (κ2) is 4.73. The Morgan fingerprint density at radius 3 is 2.90 bits per heavy atom. The fraction of sp³-hybridized carbons (Fsp3) is 0.562. The van der Waals surface area contributed by atoms with E-state index >= 15 is 0 Å². The number of fused-ring (bicyclic) bond motifs is 3. The van der Waals surface area contributed by atoms with Crippen molar-refractivity contribution in [2.24, 2.45) is 17.8 Å². The lowest BCUT2D eigenvalue weighted by Crippen LogP contribution is -2.18. The highest BCUT2D eigenvalue weighted by molar-refractivity contribution is 6.16. The van der Waals surface area contributed by atoms with Crippen LogP contribution in [-0.2, 0) is 12.4 Å². The van der Waals surface area contributed by atoms with Gasteiger partial charge in [-0.2, -0.15) is 0 Å². The van der Waals surface area contributed by atoms with E-state index in [1.165, 1.54) is 31.7 Å². The van der Waals surface area contributed by atoms with Gasteiger partial charge in [-0.3, -0.25) is 0 Å². The fourth-order valence-corrected chi connectivity index (χ4v) is 4.51. The van der Waals surface area contributed by atoms with Gasteiger partial charge in [0.2, 0.25) is 0 Å². The zero-order valence-electron chi connectivity index (χ0n) is 11.4. The first-order chi connectivity index (χ1) is 9.76. The maximum absolute atomic E-state index is 13.9. The third-order valence-electron chi connectivity index (χ3n) is 5.23. The summed E-state index contributed by atoms with van der Waals surface area (Å²) < 4.78 is 16.0. The van der Waals surface area contributed by atoms with Gasteiger partial charge in [0.15, 0.2) is 5.82 Å². The van der Waals surface area contributed by atoms with Gasteiger partial charge in [-0.15, -0.1) is 11.6 Å². The molecule has 1 aromatic heterocycles. The Balaban J connectivity index is 1.73. The van der Waals surface area contributed by atoms with E-state index < -0.39 is 0 Å². The molecule has 3 atom stereocenters. The van der Waals surface area contributed by atoms with Crippen LogP contribution < -0.4 is 0 Å². The van der Waals surface area contributed by atoms with Gasteiger partial charge in [0.25, 0.3) is 0 Å². The van der Waals surface area contributed by atoms with Crippen LogP contribution in [0.4, 0.5) is 4.39 Å². The summed E-state index contributed by atoms with van der Waals surface area (Å²) in [6, 6.07) is 5.18. The molecule has 2 aliphatic carbocycles. The zero-order valence-corrected chi connectivity index (χ0v) is 12.1. The number of para-hydroxylation sites is 1. The fourth-order valence-electron chi connectivity index (χ4n) is 4.30. The molecule has 2 aromatic rings. The molecule has 2 saturated carbocycles. The number of rotatable bonds is 3. The van der Waals surface area contributed by atoms with E-state index in [4.69, 9.17) is 11.6 Å². The highest BCUT2D eigenvalue weighted by Gasteiger charge is 2.39. The van der Waals surface area contributed by atoms with Gasteiger partial charge in [-0.25, -0.2) is 9.37 Å². The van der Waals surface area contributed by atoms with E-state index in [2.05, 4.69) is 9.55 Å². The molecule has 1 aromatic carbocycles. The number of nitrogens with zero attached hydrogens (tertiary/aromatic N) is 2. The average Bonchev–Trinajstić information content (AvgIpc) is 3.14. The van der Waals surface area contributed by atoms with Crippen molar-refractivity contribution in [1.29, 1.82) is 0 Å². The number of hydrogen-bond donors (Lipinski definition) is 0. The standard InChI is InChI=1S/C16H18ClFN2/c17-8-15-19-16-13(18)2-1-3-14(16)20(15)9-12-7-10-4-5-11(12)6-10/h1-3,10-12H,4-9H2. The van der Waals surface area contributed by atoms with Crippen molar-refractivity contribution < 1.29 is 4.39 Å². The minimum Gasteiger partial charge on any atom is -0.327 e. The van der Waals surface area contributed by atoms with Crippen molar-refractivity contribution in [3.63, 3.8) is 0 Å². The van der Waals surface area contributed by atoms with E-state index in [0.717, 1.165) is 35.6 Å². The molecule has 3 unspecified atom stereocenters. The van der Waals surface area contributed by atoms with Gasteiger partial charge in [-0.05, 0) is 49.1 Å². The molecule has 106 valence electrons. The lowest BCUT2D eigenvalue weighted by molar-refractivity contribution is 0.296. The van der Waals surface area contributed by atoms with Crippen LogP contribution >= 0.6 is 11.6 Å². The topological polar surface area (TPSA) is 17.8 Å². The summed E-state index contributed by atoms with van der Waals surface area (Å²) in [6.07, 6.45) is 5.48. The molecule has 0 amide bonds. The Labute approximate surface area is 122 Å². The van der Waals surface area contributed by atoms with Crippen molar-refractivity contribution in [3.8, 4) is 0 Å². The van der Waals surface area contributed by atoms with Crippen LogP contribution in [0.15, 0.2) is 18.2 Å². The summed E-state index contributed by atoms with van der Waals surface area (Å²) in [5.41, 5.74) is 1.36. The van der Waals surface area contributed by atoms with Crippen LogP contribution in [-0.4, -0.2) is 9.55 Å². The third-order valence-corrected chi connectivity index (χ3v) is 5.47. The number of benzene rings is 1. The van der Waals surface area contributed by atoms with Crippen molar-refractivity contribution in [2.45, 2.75) is 38.1 Å². The lowest BCUT2D eigenvalue weighted by atomic mass is 9.89. The van der Waals surface area contributed by atoms with Crippen LogP contribution in [0, 0.1) is 23.6 Å². The average molecular weight is 293 g/mol. The number of halogens is 2. The van der Waals surface area contributed by atoms with Crippen molar-refractivity contribution in [1.82, 2.24) is 9.55 Å². The summed E-state index contributed by atoms with van der Waals surface area (Å²) in [6.45, 7) is 0.948. The zero-order chi connectivity index (χ0) is 13.7. The summed E-state index contributed by atoms with van der Waals surface area (Å²) in [7, 11) is 0. The number of alkyl halides is 1. The van der Waals surface area contributed by atoms with Crippen LogP contribution in [0.25, 0.3) is 11.0 Å². The largest absolute Gasteiger partial charge is 0.327 e. The molecule has 20 heavy (non-hydrogen) atoms. The van der Waals surface area contributed by atoms with E-state index in [-0.39, 0.29) is 5.82 Å². The molecular formula is C16H18ClFN2. The van der Waals surface area contributed by atoms with Crippen LogP contribution in [0.3, 0.4) is 0 Å². The Morgan fingerprint density at radius 2 is 2.20 bits per heavy atom. The van der Waals surface area contributed by atoms with Crippen molar-refractivity contribution in [3.05, 3.63) is 29.8 Å². The molecule has 2 aliphatic rings. The monoisotopic (exact) mass is 292 g/mol. The third kappa shape index (κ3) is 1.86. The molecule has 4 rings (SSSR count). The molecule has 0 radical (unpaired) electrons. The molecular weight excluding hydrogens is 275 g/mol. The number of aromatic nitrogens is 2. The predicted octanol–water partition coefficient (Wildman–Crippen LogP) is 4.35. The Hall–Kier alpha value is -1.09. The summed E-state index contributed by atoms with van der Waals surface area (Å²) >= 11 is 6.01. The van der Waals surface area contributed by atoms with E-state index in [0.29, 0.717) is 11.4 Å². The second-order valence-corrected chi connectivity index (χ2v) is 6.58. The van der Waals surface area contributed by atoms with E-state index in [1.54, 1.807) is 6.07 Å². The van der Waals surface area contributed by atoms with Crippen LogP contribution in [0.5, 0.6) is 0 Å². The number of hydrogen-bond acceptors (Lipinski definition) is 1. The molecule has 2 nitrogen and oxygen atoms in total. The van der Waals surface area contributed by atoms with Crippen LogP contribution in [0.2, 0.25) is 0 Å². The van der Waals surface area contributed by atoms with Gasteiger partial charge < -0.3 is 4.57 Å². The van der Waals surface area contributed by atoms with E-state index in [1.807, 2.05) is 6.07 Å². The van der Waals surface area contributed by atoms with Gasteiger partial charge >= 0.3 is 0 Å². The minimum atomic E-state index is -0.249.